The van der Waals surface area contributed by atoms with Crippen LogP contribution in [0.25, 0.3) is 0 Å². The molecule has 0 fully saturated rings. The van der Waals surface area contributed by atoms with E-state index in [1.807, 2.05) is 13.8 Å². The Morgan fingerprint density at radius 1 is 1.43 bits per heavy atom. The lowest BCUT2D eigenvalue weighted by atomic mass is 10.3. The fourth-order valence-electron chi connectivity index (χ4n) is 1.07. The first-order valence-electron chi connectivity index (χ1n) is 4.40. The van der Waals surface area contributed by atoms with E-state index >= 15 is 0 Å². The molecule has 0 aliphatic heterocycles. The number of benzene rings is 1. The number of nitrogens with two attached hydrogens (primary N) is 1. The zero-order chi connectivity index (χ0) is 10.7. The highest BCUT2D eigenvalue weighted by Gasteiger charge is 2.05. The van der Waals surface area contributed by atoms with Crippen LogP contribution in [0, 0.1) is 0 Å². The van der Waals surface area contributed by atoms with Crippen molar-refractivity contribution in [2.75, 3.05) is 12.0 Å². The molecule has 2 N–H and O–H groups in total. The molecule has 0 heterocycles. The van der Waals surface area contributed by atoms with Crippen molar-refractivity contribution in [1.82, 2.24) is 0 Å². The molecule has 1 aromatic carbocycles. The minimum atomic E-state index is -0.996. The topological polar surface area (TPSA) is 52.3 Å². The fourth-order valence-corrected chi connectivity index (χ4v) is 1.62. The quantitative estimate of drug-likeness (QED) is 0.779. The predicted molar refractivity (Wildman–Crippen MR) is 59.0 cm³/mol. The van der Waals surface area contributed by atoms with Gasteiger partial charge in [-0.05, 0) is 32.0 Å². The molecule has 78 valence electrons. The lowest BCUT2D eigenvalue weighted by molar-refractivity contribution is 0.243. The molecule has 0 spiro atoms. The Bertz CT molecular complexity index is 350. The Labute approximate surface area is 86.7 Å². The van der Waals surface area contributed by atoms with Gasteiger partial charge in [-0.2, -0.15) is 0 Å². The highest BCUT2D eigenvalue weighted by molar-refractivity contribution is 7.84. The molecule has 0 aliphatic carbocycles. The Balaban J connectivity index is 2.95. The van der Waals surface area contributed by atoms with Gasteiger partial charge in [-0.3, -0.25) is 4.21 Å². The van der Waals surface area contributed by atoms with Crippen molar-refractivity contribution in [2.45, 2.75) is 24.8 Å². The maximum Gasteiger partial charge on any atom is 0.142 e. The van der Waals surface area contributed by atoms with Crippen LogP contribution in [0.2, 0.25) is 0 Å². The van der Waals surface area contributed by atoms with Gasteiger partial charge in [0.05, 0.1) is 11.8 Å². The molecule has 0 saturated heterocycles. The highest BCUT2D eigenvalue weighted by Crippen LogP contribution is 2.24. The van der Waals surface area contributed by atoms with Crippen molar-refractivity contribution in [3.05, 3.63) is 18.2 Å². The third-order valence-electron chi connectivity index (χ3n) is 1.68. The van der Waals surface area contributed by atoms with E-state index in [0.717, 1.165) is 4.90 Å². The lowest BCUT2D eigenvalue weighted by Crippen LogP contribution is -2.07. The minimum absolute atomic E-state index is 0.0928. The van der Waals surface area contributed by atoms with E-state index in [2.05, 4.69) is 0 Å². The van der Waals surface area contributed by atoms with E-state index in [1.54, 1.807) is 24.5 Å². The van der Waals surface area contributed by atoms with E-state index in [-0.39, 0.29) is 6.10 Å². The van der Waals surface area contributed by atoms with Crippen molar-refractivity contribution < 1.29 is 8.95 Å². The van der Waals surface area contributed by atoms with E-state index in [0.29, 0.717) is 11.4 Å². The Morgan fingerprint density at radius 3 is 2.50 bits per heavy atom. The van der Waals surface area contributed by atoms with Gasteiger partial charge in [-0.15, -0.1) is 0 Å². The standard InChI is InChI=1S/C10H15NO2S/c1-7(2)13-10-5-4-8(14(3)12)6-9(10)11/h4-7H,11H2,1-3H3. The van der Waals surface area contributed by atoms with Crippen LogP contribution in [0.4, 0.5) is 5.69 Å². The summed E-state index contributed by atoms with van der Waals surface area (Å²) in [5.74, 6) is 0.647. The summed E-state index contributed by atoms with van der Waals surface area (Å²) in [4.78, 5) is 0.721. The molecule has 14 heavy (non-hydrogen) atoms. The summed E-state index contributed by atoms with van der Waals surface area (Å²) in [7, 11) is -0.996. The van der Waals surface area contributed by atoms with E-state index < -0.39 is 10.8 Å². The van der Waals surface area contributed by atoms with Crippen LogP contribution in [0.5, 0.6) is 5.75 Å². The molecule has 4 heteroatoms. The summed E-state index contributed by atoms with van der Waals surface area (Å²) in [6.07, 6.45) is 1.72. The third-order valence-corrected chi connectivity index (χ3v) is 2.59. The van der Waals surface area contributed by atoms with Crippen molar-refractivity contribution in [3.63, 3.8) is 0 Å². The smallest absolute Gasteiger partial charge is 0.142 e. The number of anilines is 1. The Kier molecular flexibility index (Phi) is 3.52. The maximum absolute atomic E-state index is 11.1. The largest absolute Gasteiger partial charge is 0.489 e. The number of ether oxygens (including phenoxy) is 1. The van der Waals surface area contributed by atoms with E-state index in [1.165, 1.54) is 0 Å². The van der Waals surface area contributed by atoms with Crippen molar-refractivity contribution in [3.8, 4) is 5.75 Å². The van der Waals surface area contributed by atoms with Gasteiger partial charge in [-0.1, -0.05) is 0 Å². The zero-order valence-corrected chi connectivity index (χ0v) is 9.43. The van der Waals surface area contributed by atoms with Crippen LogP contribution in [0.15, 0.2) is 23.1 Å². The molecular formula is C10H15NO2S. The van der Waals surface area contributed by atoms with E-state index in [4.69, 9.17) is 10.5 Å². The van der Waals surface area contributed by atoms with Gasteiger partial charge in [0.25, 0.3) is 0 Å². The number of hydrogen-bond donors (Lipinski definition) is 1. The van der Waals surface area contributed by atoms with Gasteiger partial charge in [0.15, 0.2) is 0 Å². The summed E-state index contributed by atoms with van der Waals surface area (Å²) in [6.45, 7) is 3.87. The van der Waals surface area contributed by atoms with Crippen LogP contribution in [-0.2, 0) is 10.8 Å². The Hall–Kier alpha value is -1.03. The molecule has 1 unspecified atom stereocenters. The zero-order valence-electron chi connectivity index (χ0n) is 8.61. The van der Waals surface area contributed by atoms with Crippen molar-refractivity contribution in [2.24, 2.45) is 0 Å². The SMILES string of the molecule is CC(C)Oc1ccc(S(C)=O)cc1N. The van der Waals surface area contributed by atoms with Gasteiger partial charge < -0.3 is 10.5 Å². The molecule has 3 nitrogen and oxygen atoms in total. The highest BCUT2D eigenvalue weighted by atomic mass is 32.2. The summed E-state index contributed by atoms with van der Waals surface area (Å²) in [5, 5.41) is 0. The minimum Gasteiger partial charge on any atom is -0.489 e. The first-order chi connectivity index (χ1) is 6.50. The average molecular weight is 213 g/mol. The van der Waals surface area contributed by atoms with Gasteiger partial charge >= 0.3 is 0 Å². The van der Waals surface area contributed by atoms with Gasteiger partial charge in [-0.25, -0.2) is 0 Å². The van der Waals surface area contributed by atoms with Crippen LogP contribution in [-0.4, -0.2) is 16.6 Å². The Morgan fingerprint density at radius 2 is 2.07 bits per heavy atom. The predicted octanol–water partition coefficient (Wildman–Crippen LogP) is 1.79. The second kappa shape index (κ2) is 4.46. The van der Waals surface area contributed by atoms with Crippen molar-refractivity contribution in [1.29, 1.82) is 0 Å². The molecule has 0 bridgehead atoms. The summed E-state index contributed by atoms with van der Waals surface area (Å²) in [6, 6.07) is 5.21. The molecule has 0 aliphatic rings. The van der Waals surface area contributed by atoms with Gasteiger partial charge in [0, 0.05) is 22.0 Å². The molecule has 0 radical (unpaired) electrons. The molecule has 1 rings (SSSR count). The molecule has 0 amide bonds. The summed E-state index contributed by atoms with van der Waals surface area (Å²) >= 11 is 0. The van der Waals surface area contributed by atoms with Crippen LogP contribution < -0.4 is 10.5 Å². The molecule has 0 aromatic heterocycles. The summed E-state index contributed by atoms with van der Waals surface area (Å²) in [5.41, 5.74) is 6.28. The first kappa shape index (κ1) is 11.0. The second-order valence-electron chi connectivity index (χ2n) is 3.32. The molecule has 1 aromatic rings. The maximum atomic E-state index is 11.1. The number of rotatable bonds is 3. The molecule has 0 saturated carbocycles. The average Bonchev–Trinajstić information content (AvgIpc) is 2.07. The third kappa shape index (κ3) is 2.73. The molecule has 1 atom stereocenters. The number of nitrogen functional groups attached to an aromatic ring is 1. The molecular weight excluding hydrogens is 198 g/mol. The number of hydrogen-bond acceptors (Lipinski definition) is 3. The monoisotopic (exact) mass is 213 g/mol. The van der Waals surface area contributed by atoms with Crippen LogP contribution >= 0.6 is 0 Å². The van der Waals surface area contributed by atoms with Crippen molar-refractivity contribution >= 4 is 16.5 Å². The van der Waals surface area contributed by atoms with E-state index in [9.17, 15) is 4.21 Å². The van der Waals surface area contributed by atoms with Crippen LogP contribution in [0.1, 0.15) is 13.8 Å². The van der Waals surface area contributed by atoms with Gasteiger partial charge in [0.2, 0.25) is 0 Å². The van der Waals surface area contributed by atoms with Gasteiger partial charge in [0.1, 0.15) is 5.75 Å². The fraction of sp³-hybridized carbons (Fsp3) is 0.400. The first-order valence-corrected chi connectivity index (χ1v) is 5.96. The normalized spacial score (nSPS) is 12.9. The lowest BCUT2D eigenvalue weighted by Gasteiger charge is -2.12. The van der Waals surface area contributed by atoms with Crippen LogP contribution in [0.3, 0.4) is 0 Å². The summed E-state index contributed by atoms with van der Waals surface area (Å²) < 4.78 is 16.6. The second-order valence-corrected chi connectivity index (χ2v) is 4.70.